The Balaban J connectivity index is 1.41. The van der Waals surface area contributed by atoms with Crippen LogP contribution in [0, 0.1) is 0 Å². The van der Waals surface area contributed by atoms with Gasteiger partial charge in [0.05, 0.1) is 30.5 Å². The van der Waals surface area contributed by atoms with Gasteiger partial charge >= 0.3 is 6.18 Å². The maximum absolute atomic E-state index is 13.1. The molecule has 1 fully saturated rings. The molecule has 3 aromatic rings. The van der Waals surface area contributed by atoms with Gasteiger partial charge in [-0.25, -0.2) is 4.98 Å². The molecule has 2 aromatic carbocycles. The van der Waals surface area contributed by atoms with E-state index in [1.165, 1.54) is 19.2 Å². The molecular weight excluding hydrogens is 525 g/mol. The number of amides is 2. The summed E-state index contributed by atoms with van der Waals surface area (Å²) in [5, 5.41) is 8.84. The molecule has 0 bridgehead atoms. The van der Waals surface area contributed by atoms with Crippen LogP contribution in [0.25, 0.3) is 0 Å². The molecule has 1 aliphatic heterocycles. The minimum atomic E-state index is -4.52. The van der Waals surface area contributed by atoms with Gasteiger partial charge in [-0.3, -0.25) is 9.59 Å². The maximum atomic E-state index is 13.1. The number of nitrogens with one attached hydrogen (secondary N) is 3. The van der Waals surface area contributed by atoms with Crippen molar-refractivity contribution in [3.63, 3.8) is 0 Å². The predicted molar refractivity (Wildman–Crippen MR) is 147 cm³/mol. The molecule has 0 aliphatic carbocycles. The summed E-state index contributed by atoms with van der Waals surface area (Å²) < 4.78 is 44.5. The summed E-state index contributed by atoms with van der Waals surface area (Å²) >= 11 is 0. The second-order valence-corrected chi connectivity index (χ2v) is 9.37. The third kappa shape index (κ3) is 7.41. The SMILES string of the molecule is COc1ncc(CNc2ccccc2C(=O)Nc2cccc(C(F)(F)F)c2)cc1NCC(=O)N1CCN(C)CC1. The van der Waals surface area contributed by atoms with Gasteiger partial charge < -0.3 is 30.5 Å². The number of aromatic nitrogens is 1. The van der Waals surface area contributed by atoms with Gasteiger partial charge in [-0.15, -0.1) is 0 Å². The lowest BCUT2D eigenvalue weighted by molar-refractivity contribution is -0.137. The van der Waals surface area contributed by atoms with E-state index < -0.39 is 17.6 Å². The summed E-state index contributed by atoms with van der Waals surface area (Å²) in [6.07, 6.45) is -2.90. The lowest BCUT2D eigenvalue weighted by Crippen LogP contribution is -2.48. The number of pyridine rings is 1. The second kappa shape index (κ2) is 12.7. The Morgan fingerprint density at radius 3 is 2.45 bits per heavy atom. The van der Waals surface area contributed by atoms with Gasteiger partial charge in [0.25, 0.3) is 5.91 Å². The lowest BCUT2D eigenvalue weighted by Gasteiger charge is -2.32. The van der Waals surface area contributed by atoms with Crippen LogP contribution in [0.5, 0.6) is 5.88 Å². The molecule has 12 heteroatoms. The number of hydrogen-bond donors (Lipinski definition) is 3. The first-order valence-electron chi connectivity index (χ1n) is 12.7. The molecule has 4 rings (SSSR count). The molecule has 1 aromatic heterocycles. The van der Waals surface area contributed by atoms with Crippen molar-refractivity contribution in [2.75, 3.05) is 62.8 Å². The standard InChI is InChI=1S/C28H31F3N6O3/c1-36-10-12-37(13-11-36)25(38)18-33-24-14-19(17-34-27(24)40-2)16-32-23-9-4-3-8-22(23)26(39)35-21-7-5-6-20(15-21)28(29,30)31/h3-9,14-15,17,32-33H,10-13,16,18H2,1-2H3,(H,35,39). The lowest BCUT2D eigenvalue weighted by atomic mass is 10.1. The van der Waals surface area contributed by atoms with Crippen molar-refractivity contribution in [1.82, 2.24) is 14.8 Å². The molecule has 40 heavy (non-hydrogen) atoms. The average Bonchev–Trinajstić information content (AvgIpc) is 2.95. The molecule has 3 N–H and O–H groups in total. The van der Waals surface area contributed by atoms with Gasteiger partial charge in [-0.2, -0.15) is 13.2 Å². The van der Waals surface area contributed by atoms with E-state index in [-0.39, 0.29) is 30.2 Å². The number of methoxy groups -OCH3 is 1. The monoisotopic (exact) mass is 556 g/mol. The fraction of sp³-hybridized carbons (Fsp3) is 0.321. The zero-order valence-corrected chi connectivity index (χ0v) is 22.2. The maximum Gasteiger partial charge on any atom is 0.416 e. The van der Waals surface area contributed by atoms with Gasteiger partial charge in [0.2, 0.25) is 11.8 Å². The van der Waals surface area contributed by atoms with Crippen LogP contribution in [0.15, 0.2) is 60.8 Å². The van der Waals surface area contributed by atoms with E-state index in [1.807, 2.05) is 11.9 Å². The van der Waals surface area contributed by atoms with E-state index in [0.29, 0.717) is 30.3 Å². The average molecular weight is 557 g/mol. The summed E-state index contributed by atoms with van der Waals surface area (Å²) in [6, 6.07) is 13.0. The smallest absolute Gasteiger partial charge is 0.416 e. The van der Waals surface area contributed by atoms with E-state index in [0.717, 1.165) is 30.8 Å². The van der Waals surface area contributed by atoms with Crippen LogP contribution in [0.2, 0.25) is 0 Å². The van der Waals surface area contributed by atoms with Crippen molar-refractivity contribution in [3.8, 4) is 5.88 Å². The highest BCUT2D eigenvalue weighted by molar-refractivity contribution is 6.08. The first-order valence-corrected chi connectivity index (χ1v) is 12.7. The van der Waals surface area contributed by atoms with E-state index in [1.54, 1.807) is 36.5 Å². The van der Waals surface area contributed by atoms with Gasteiger partial charge in [0, 0.05) is 50.3 Å². The number of piperazine rings is 1. The van der Waals surface area contributed by atoms with Crippen molar-refractivity contribution in [2.24, 2.45) is 0 Å². The van der Waals surface area contributed by atoms with E-state index in [2.05, 4.69) is 25.8 Å². The molecule has 2 amide bonds. The van der Waals surface area contributed by atoms with Crippen molar-refractivity contribution >= 4 is 28.9 Å². The summed E-state index contributed by atoms with van der Waals surface area (Å²) in [6.45, 7) is 3.39. The fourth-order valence-electron chi connectivity index (χ4n) is 4.22. The fourth-order valence-corrected chi connectivity index (χ4v) is 4.22. The second-order valence-electron chi connectivity index (χ2n) is 9.37. The highest BCUT2D eigenvalue weighted by Crippen LogP contribution is 2.31. The van der Waals surface area contributed by atoms with Crippen LogP contribution in [0.3, 0.4) is 0 Å². The summed E-state index contributed by atoms with van der Waals surface area (Å²) in [7, 11) is 3.52. The first-order chi connectivity index (χ1) is 19.1. The largest absolute Gasteiger partial charge is 0.480 e. The number of carbonyl (C=O) groups is 2. The number of alkyl halides is 3. The van der Waals surface area contributed by atoms with Crippen molar-refractivity contribution in [2.45, 2.75) is 12.7 Å². The van der Waals surface area contributed by atoms with Crippen LogP contribution in [-0.2, 0) is 17.5 Å². The molecule has 0 unspecified atom stereocenters. The number of rotatable bonds is 9. The van der Waals surface area contributed by atoms with Crippen molar-refractivity contribution in [1.29, 1.82) is 0 Å². The summed E-state index contributed by atoms with van der Waals surface area (Å²) in [5.41, 5.74) is 1.25. The van der Waals surface area contributed by atoms with Crippen LogP contribution in [0.4, 0.5) is 30.2 Å². The quantitative estimate of drug-likeness (QED) is 0.364. The Kier molecular flexibility index (Phi) is 9.10. The Morgan fingerprint density at radius 1 is 0.975 bits per heavy atom. The van der Waals surface area contributed by atoms with Crippen molar-refractivity contribution < 1.29 is 27.5 Å². The predicted octanol–water partition coefficient (Wildman–Crippen LogP) is 4.16. The van der Waals surface area contributed by atoms with Gasteiger partial charge in [-0.05, 0) is 49.0 Å². The molecule has 0 spiro atoms. The number of para-hydroxylation sites is 1. The number of halogens is 3. The normalized spacial score (nSPS) is 14.0. The minimum absolute atomic E-state index is 0.0145. The molecular formula is C28H31F3N6O3. The van der Waals surface area contributed by atoms with Crippen molar-refractivity contribution in [3.05, 3.63) is 77.5 Å². The zero-order valence-electron chi connectivity index (χ0n) is 22.2. The number of benzene rings is 2. The molecule has 1 saturated heterocycles. The summed E-state index contributed by atoms with van der Waals surface area (Å²) in [4.78, 5) is 33.9. The van der Waals surface area contributed by atoms with E-state index in [9.17, 15) is 22.8 Å². The molecule has 1 aliphatic rings. The number of ether oxygens (including phenoxy) is 1. The molecule has 9 nitrogen and oxygen atoms in total. The topological polar surface area (TPSA) is 98.8 Å². The van der Waals surface area contributed by atoms with Crippen LogP contribution < -0.4 is 20.7 Å². The van der Waals surface area contributed by atoms with E-state index >= 15 is 0 Å². The molecule has 2 heterocycles. The molecule has 212 valence electrons. The summed E-state index contributed by atoms with van der Waals surface area (Å²) in [5.74, 6) is -0.227. The Hall–Kier alpha value is -4.32. The van der Waals surface area contributed by atoms with Gasteiger partial charge in [0.15, 0.2) is 0 Å². The number of anilines is 3. The zero-order chi connectivity index (χ0) is 28.7. The molecule has 0 radical (unpaired) electrons. The third-order valence-electron chi connectivity index (χ3n) is 6.49. The molecule has 0 atom stereocenters. The Labute approximate surface area is 230 Å². The van der Waals surface area contributed by atoms with Crippen LogP contribution in [-0.4, -0.2) is 73.5 Å². The third-order valence-corrected chi connectivity index (χ3v) is 6.49. The highest BCUT2D eigenvalue weighted by Gasteiger charge is 2.30. The number of likely N-dealkylation sites (N-methyl/N-ethyl adjacent to an activating group) is 1. The number of carbonyl (C=O) groups excluding carboxylic acids is 2. The Morgan fingerprint density at radius 2 is 1.73 bits per heavy atom. The number of hydrogen-bond acceptors (Lipinski definition) is 7. The van der Waals surface area contributed by atoms with Crippen LogP contribution in [0.1, 0.15) is 21.5 Å². The minimum Gasteiger partial charge on any atom is -0.480 e. The van der Waals surface area contributed by atoms with Crippen LogP contribution >= 0.6 is 0 Å². The van der Waals surface area contributed by atoms with Gasteiger partial charge in [-0.1, -0.05) is 18.2 Å². The highest BCUT2D eigenvalue weighted by atomic mass is 19.4. The van der Waals surface area contributed by atoms with Gasteiger partial charge in [0.1, 0.15) is 0 Å². The van der Waals surface area contributed by atoms with E-state index in [4.69, 9.17) is 4.74 Å². The molecule has 0 saturated carbocycles. The number of nitrogens with zero attached hydrogens (tertiary/aromatic N) is 3. The first kappa shape index (κ1) is 28.7. The Bertz CT molecular complexity index is 1340.